The van der Waals surface area contributed by atoms with Gasteiger partial charge >= 0.3 is 5.97 Å². The fraction of sp³-hybridized carbons (Fsp3) is 0.500. The van der Waals surface area contributed by atoms with E-state index >= 15 is 0 Å². The molecule has 1 aliphatic carbocycles. The van der Waals surface area contributed by atoms with Gasteiger partial charge in [0.15, 0.2) is 0 Å². The second-order valence-electron chi connectivity index (χ2n) is 5.47. The lowest BCUT2D eigenvalue weighted by molar-refractivity contribution is -0.141. The SMILES string of the molecule is O=C(O)CC1(NC(=O)COCCOc2ccccc2)CCC1. The predicted octanol–water partition coefficient (Wildman–Crippen LogP) is 1.60. The lowest BCUT2D eigenvalue weighted by Gasteiger charge is -2.41. The molecule has 0 bridgehead atoms. The van der Waals surface area contributed by atoms with Gasteiger partial charge in [0.1, 0.15) is 19.0 Å². The zero-order chi connectivity index (χ0) is 15.8. The van der Waals surface area contributed by atoms with Crippen molar-refractivity contribution < 1.29 is 24.2 Å². The Hall–Kier alpha value is -2.08. The van der Waals surface area contributed by atoms with Crippen molar-refractivity contribution in [3.63, 3.8) is 0 Å². The van der Waals surface area contributed by atoms with Crippen LogP contribution in [0.2, 0.25) is 0 Å². The molecule has 0 aromatic heterocycles. The van der Waals surface area contributed by atoms with Crippen LogP contribution >= 0.6 is 0 Å². The van der Waals surface area contributed by atoms with Crippen LogP contribution in [-0.4, -0.2) is 42.3 Å². The molecule has 1 saturated carbocycles. The third-order valence-corrected chi connectivity index (χ3v) is 3.68. The predicted molar refractivity (Wildman–Crippen MR) is 79.7 cm³/mol. The van der Waals surface area contributed by atoms with E-state index in [1.165, 1.54) is 0 Å². The van der Waals surface area contributed by atoms with Crippen molar-refractivity contribution in [2.45, 2.75) is 31.2 Å². The first kappa shape index (κ1) is 16.3. The van der Waals surface area contributed by atoms with Gasteiger partial charge in [0, 0.05) is 0 Å². The lowest BCUT2D eigenvalue weighted by Crippen LogP contribution is -2.55. The maximum Gasteiger partial charge on any atom is 0.305 e. The van der Waals surface area contributed by atoms with E-state index in [2.05, 4.69) is 5.32 Å². The van der Waals surface area contributed by atoms with Crippen LogP contribution in [0.1, 0.15) is 25.7 Å². The van der Waals surface area contributed by atoms with E-state index in [9.17, 15) is 9.59 Å². The summed E-state index contributed by atoms with van der Waals surface area (Å²) in [5.74, 6) is -0.414. The van der Waals surface area contributed by atoms with Crippen molar-refractivity contribution in [2.24, 2.45) is 0 Å². The van der Waals surface area contributed by atoms with Crippen molar-refractivity contribution in [1.82, 2.24) is 5.32 Å². The molecule has 0 atom stereocenters. The van der Waals surface area contributed by atoms with Gasteiger partial charge in [-0.05, 0) is 31.4 Å². The largest absolute Gasteiger partial charge is 0.491 e. The first-order valence-electron chi connectivity index (χ1n) is 7.38. The van der Waals surface area contributed by atoms with Gasteiger partial charge in [-0.15, -0.1) is 0 Å². The molecule has 0 spiro atoms. The lowest BCUT2D eigenvalue weighted by atomic mass is 9.74. The summed E-state index contributed by atoms with van der Waals surface area (Å²) < 4.78 is 10.7. The van der Waals surface area contributed by atoms with Gasteiger partial charge in [-0.3, -0.25) is 9.59 Å². The average molecular weight is 307 g/mol. The van der Waals surface area contributed by atoms with Gasteiger partial charge in [0.25, 0.3) is 0 Å². The highest BCUT2D eigenvalue weighted by molar-refractivity contribution is 5.79. The first-order valence-corrected chi connectivity index (χ1v) is 7.38. The minimum Gasteiger partial charge on any atom is -0.491 e. The Bertz CT molecular complexity index is 499. The standard InChI is InChI=1S/C16H21NO5/c18-14(17-16(7-4-8-16)11-15(19)20)12-21-9-10-22-13-5-2-1-3-6-13/h1-3,5-6H,4,7-12H2,(H,17,18)(H,19,20). The van der Waals surface area contributed by atoms with E-state index in [0.717, 1.165) is 12.2 Å². The van der Waals surface area contributed by atoms with Crippen molar-refractivity contribution >= 4 is 11.9 Å². The molecule has 0 heterocycles. The zero-order valence-corrected chi connectivity index (χ0v) is 12.4. The van der Waals surface area contributed by atoms with Crippen LogP contribution in [0.3, 0.4) is 0 Å². The number of carboxylic acid groups (broad SMARTS) is 1. The van der Waals surface area contributed by atoms with Crippen molar-refractivity contribution in [3.8, 4) is 5.75 Å². The highest BCUT2D eigenvalue weighted by Crippen LogP contribution is 2.34. The molecule has 1 amide bonds. The van der Waals surface area contributed by atoms with E-state index in [-0.39, 0.29) is 18.9 Å². The summed E-state index contributed by atoms with van der Waals surface area (Å²) >= 11 is 0. The third-order valence-electron chi connectivity index (χ3n) is 3.68. The van der Waals surface area contributed by atoms with Crippen molar-refractivity contribution in [1.29, 1.82) is 0 Å². The Morgan fingerprint density at radius 3 is 2.50 bits per heavy atom. The van der Waals surface area contributed by atoms with Crippen LogP contribution < -0.4 is 10.1 Å². The van der Waals surface area contributed by atoms with Gasteiger partial charge in [0.2, 0.25) is 5.91 Å². The molecule has 0 unspecified atom stereocenters. The summed E-state index contributed by atoms with van der Waals surface area (Å²) in [6.07, 6.45) is 2.33. The molecule has 1 aromatic rings. The number of aliphatic carboxylic acids is 1. The quantitative estimate of drug-likeness (QED) is 0.677. The van der Waals surface area contributed by atoms with E-state index in [1.807, 2.05) is 30.3 Å². The molecular weight excluding hydrogens is 286 g/mol. The summed E-state index contributed by atoms with van der Waals surface area (Å²) in [4.78, 5) is 22.6. The number of hydrogen-bond acceptors (Lipinski definition) is 4. The molecule has 1 aromatic carbocycles. The Labute approximate surface area is 129 Å². The van der Waals surface area contributed by atoms with E-state index in [0.29, 0.717) is 26.1 Å². The fourth-order valence-electron chi connectivity index (χ4n) is 2.47. The minimum absolute atomic E-state index is 0.0319. The van der Waals surface area contributed by atoms with E-state index in [1.54, 1.807) is 0 Å². The number of amides is 1. The molecule has 22 heavy (non-hydrogen) atoms. The minimum atomic E-state index is -0.892. The normalized spacial score (nSPS) is 15.6. The van der Waals surface area contributed by atoms with Crippen LogP contribution in [0.25, 0.3) is 0 Å². The molecule has 0 aliphatic heterocycles. The molecule has 0 saturated heterocycles. The monoisotopic (exact) mass is 307 g/mol. The van der Waals surface area contributed by atoms with E-state index < -0.39 is 11.5 Å². The second-order valence-corrected chi connectivity index (χ2v) is 5.47. The molecule has 6 heteroatoms. The molecule has 120 valence electrons. The number of carbonyl (C=O) groups excluding carboxylic acids is 1. The number of carboxylic acids is 1. The zero-order valence-electron chi connectivity index (χ0n) is 12.4. The third kappa shape index (κ3) is 5.04. The van der Waals surface area contributed by atoms with Crippen LogP contribution in [0.4, 0.5) is 0 Å². The smallest absolute Gasteiger partial charge is 0.305 e. The Balaban J connectivity index is 1.60. The molecule has 0 radical (unpaired) electrons. The maximum atomic E-state index is 11.8. The number of ether oxygens (including phenoxy) is 2. The molecule has 2 N–H and O–H groups in total. The van der Waals surface area contributed by atoms with Gasteiger partial charge in [-0.1, -0.05) is 18.2 Å². The Morgan fingerprint density at radius 1 is 1.18 bits per heavy atom. The first-order chi connectivity index (χ1) is 10.6. The second kappa shape index (κ2) is 7.79. The van der Waals surface area contributed by atoms with Gasteiger partial charge < -0.3 is 19.9 Å². The topological polar surface area (TPSA) is 84.9 Å². The van der Waals surface area contributed by atoms with Crippen molar-refractivity contribution in [2.75, 3.05) is 19.8 Å². The summed E-state index contributed by atoms with van der Waals surface area (Å²) in [5, 5.41) is 11.7. The van der Waals surface area contributed by atoms with Crippen LogP contribution in [0.5, 0.6) is 5.75 Å². The summed E-state index contributed by atoms with van der Waals surface area (Å²) in [5.41, 5.74) is -0.577. The van der Waals surface area contributed by atoms with Crippen LogP contribution in [0, 0.1) is 0 Å². The number of carbonyl (C=O) groups is 2. The number of hydrogen-bond donors (Lipinski definition) is 2. The molecular formula is C16H21NO5. The average Bonchev–Trinajstić information content (AvgIpc) is 2.45. The Kier molecular flexibility index (Phi) is 5.77. The van der Waals surface area contributed by atoms with Crippen molar-refractivity contribution in [3.05, 3.63) is 30.3 Å². The fourth-order valence-corrected chi connectivity index (χ4v) is 2.47. The van der Waals surface area contributed by atoms with Crippen LogP contribution in [0.15, 0.2) is 30.3 Å². The Morgan fingerprint density at radius 2 is 1.91 bits per heavy atom. The highest BCUT2D eigenvalue weighted by Gasteiger charge is 2.40. The number of para-hydroxylation sites is 1. The van der Waals surface area contributed by atoms with E-state index in [4.69, 9.17) is 14.6 Å². The van der Waals surface area contributed by atoms with Crippen LogP contribution in [-0.2, 0) is 14.3 Å². The highest BCUT2D eigenvalue weighted by atomic mass is 16.5. The number of rotatable bonds is 9. The molecule has 1 aliphatic rings. The number of benzene rings is 1. The summed E-state index contributed by atoms with van der Waals surface area (Å²) in [7, 11) is 0. The molecule has 6 nitrogen and oxygen atoms in total. The number of nitrogens with one attached hydrogen (secondary N) is 1. The molecule has 2 rings (SSSR count). The van der Waals surface area contributed by atoms with Gasteiger partial charge in [-0.2, -0.15) is 0 Å². The van der Waals surface area contributed by atoms with Gasteiger partial charge in [0.05, 0.1) is 18.6 Å². The van der Waals surface area contributed by atoms with Gasteiger partial charge in [-0.25, -0.2) is 0 Å². The summed E-state index contributed by atoms with van der Waals surface area (Å²) in [6.45, 7) is 0.575. The summed E-state index contributed by atoms with van der Waals surface area (Å²) in [6, 6.07) is 9.35. The maximum absolute atomic E-state index is 11.8. The molecule has 1 fully saturated rings.